The molecule has 0 atom stereocenters. The van der Waals surface area contributed by atoms with E-state index in [2.05, 4.69) is 14.8 Å². The number of hydrogen-bond acceptors (Lipinski definition) is 6. The van der Waals surface area contributed by atoms with Gasteiger partial charge in [0.25, 0.3) is 0 Å². The van der Waals surface area contributed by atoms with Crippen LogP contribution in [0.5, 0.6) is 0 Å². The van der Waals surface area contributed by atoms with Gasteiger partial charge in [0.15, 0.2) is 6.20 Å². The summed E-state index contributed by atoms with van der Waals surface area (Å²) in [5.74, 6) is -0.878. The third-order valence-corrected chi connectivity index (χ3v) is 3.77. The van der Waals surface area contributed by atoms with Crippen molar-refractivity contribution in [2.75, 3.05) is 37.6 Å². The van der Waals surface area contributed by atoms with Crippen LogP contribution in [-0.2, 0) is 4.79 Å². The number of nitro groups is 1. The molecule has 2 rings (SSSR count). The van der Waals surface area contributed by atoms with Crippen LogP contribution in [0.15, 0.2) is 18.3 Å². The minimum atomic E-state index is -0.740. The molecule has 0 radical (unpaired) electrons. The van der Waals surface area contributed by atoms with Crippen molar-refractivity contribution in [3.63, 3.8) is 0 Å². The third-order valence-electron chi connectivity index (χ3n) is 3.77. The molecule has 1 N–H and O–H groups in total. The molecule has 22 heavy (non-hydrogen) atoms. The standard InChI is InChI=1S/C14H20N4O4/c19-14(20)3-1-2-6-16-7-9-17(10-8-16)12-4-5-13(15-11-12)18(21)22/h4-5,11H,1-3,6-10H2,(H,19,20). The lowest BCUT2D eigenvalue weighted by molar-refractivity contribution is -0.389. The number of anilines is 1. The number of carboxylic acid groups (broad SMARTS) is 1. The van der Waals surface area contributed by atoms with Crippen molar-refractivity contribution >= 4 is 17.5 Å². The molecule has 0 aliphatic carbocycles. The Morgan fingerprint density at radius 1 is 1.27 bits per heavy atom. The molecule has 1 saturated heterocycles. The number of carbonyl (C=O) groups is 1. The summed E-state index contributed by atoms with van der Waals surface area (Å²) in [5, 5.41) is 19.2. The SMILES string of the molecule is O=C(O)CCCCN1CCN(c2ccc([N+](=O)[O-])nc2)CC1. The number of hydrogen-bond donors (Lipinski definition) is 1. The van der Waals surface area contributed by atoms with Gasteiger partial charge >= 0.3 is 11.8 Å². The second kappa shape index (κ2) is 7.69. The first-order valence-corrected chi connectivity index (χ1v) is 7.36. The van der Waals surface area contributed by atoms with Crippen LogP contribution in [0.1, 0.15) is 19.3 Å². The summed E-state index contributed by atoms with van der Waals surface area (Å²) in [6.45, 7) is 4.42. The minimum absolute atomic E-state index is 0.138. The van der Waals surface area contributed by atoms with Gasteiger partial charge in [0.05, 0.1) is 5.69 Å². The third kappa shape index (κ3) is 4.66. The molecule has 1 aromatic heterocycles. The molecule has 1 fully saturated rings. The Labute approximate surface area is 128 Å². The molecule has 2 heterocycles. The van der Waals surface area contributed by atoms with Crippen LogP contribution < -0.4 is 4.90 Å². The number of piperazine rings is 1. The lowest BCUT2D eigenvalue weighted by Crippen LogP contribution is -2.46. The maximum absolute atomic E-state index is 10.6. The van der Waals surface area contributed by atoms with E-state index in [4.69, 9.17) is 5.11 Å². The highest BCUT2D eigenvalue weighted by Crippen LogP contribution is 2.18. The van der Waals surface area contributed by atoms with Crippen LogP contribution in [0.4, 0.5) is 11.5 Å². The van der Waals surface area contributed by atoms with E-state index in [9.17, 15) is 14.9 Å². The normalized spacial score (nSPS) is 15.7. The topological polar surface area (TPSA) is 99.8 Å². The van der Waals surface area contributed by atoms with Gasteiger partial charge in [-0.15, -0.1) is 0 Å². The van der Waals surface area contributed by atoms with Gasteiger partial charge in [0.1, 0.15) is 0 Å². The molecule has 0 unspecified atom stereocenters. The molecule has 0 aromatic carbocycles. The van der Waals surface area contributed by atoms with Crippen LogP contribution in [-0.4, -0.2) is 58.6 Å². The van der Waals surface area contributed by atoms with Gasteiger partial charge in [-0.2, -0.15) is 0 Å². The first kappa shape index (κ1) is 16.2. The van der Waals surface area contributed by atoms with E-state index in [1.807, 2.05) is 0 Å². The largest absolute Gasteiger partial charge is 0.481 e. The summed E-state index contributed by atoms with van der Waals surface area (Å²) < 4.78 is 0. The predicted octanol–water partition coefficient (Wildman–Crippen LogP) is 1.37. The predicted molar refractivity (Wildman–Crippen MR) is 81.0 cm³/mol. The van der Waals surface area contributed by atoms with Crippen molar-refractivity contribution in [2.45, 2.75) is 19.3 Å². The Bertz CT molecular complexity index is 512. The van der Waals surface area contributed by atoms with Gasteiger partial charge in [-0.25, -0.2) is 0 Å². The smallest absolute Gasteiger partial charge is 0.363 e. The second-order valence-electron chi connectivity index (χ2n) is 5.31. The zero-order valence-electron chi connectivity index (χ0n) is 12.3. The summed E-state index contributed by atoms with van der Waals surface area (Å²) in [7, 11) is 0. The number of aliphatic carboxylic acids is 1. The van der Waals surface area contributed by atoms with E-state index in [1.165, 1.54) is 6.07 Å². The number of nitrogens with zero attached hydrogens (tertiary/aromatic N) is 4. The second-order valence-corrected chi connectivity index (χ2v) is 5.31. The lowest BCUT2D eigenvalue weighted by atomic mass is 10.2. The number of unbranched alkanes of at least 4 members (excludes halogenated alkanes) is 1. The summed E-state index contributed by atoms with van der Waals surface area (Å²) in [6, 6.07) is 3.15. The fraction of sp³-hybridized carbons (Fsp3) is 0.571. The Kier molecular flexibility index (Phi) is 5.65. The van der Waals surface area contributed by atoms with Gasteiger partial charge in [-0.05, 0) is 35.4 Å². The molecule has 0 spiro atoms. The quantitative estimate of drug-likeness (QED) is 0.461. The first-order valence-electron chi connectivity index (χ1n) is 7.36. The van der Waals surface area contributed by atoms with Crippen LogP contribution >= 0.6 is 0 Å². The first-order chi connectivity index (χ1) is 10.6. The fourth-order valence-electron chi connectivity index (χ4n) is 2.51. The molecular formula is C14H20N4O4. The Balaban J connectivity index is 1.74. The molecule has 0 saturated carbocycles. The van der Waals surface area contributed by atoms with E-state index in [0.29, 0.717) is 6.42 Å². The molecule has 1 aliphatic heterocycles. The maximum atomic E-state index is 10.6. The molecule has 8 heteroatoms. The number of pyridine rings is 1. The van der Waals surface area contributed by atoms with Gasteiger partial charge in [0, 0.05) is 38.7 Å². The van der Waals surface area contributed by atoms with Crippen molar-refractivity contribution < 1.29 is 14.8 Å². The number of carboxylic acids is 1. The summed E-state index contributed by atoms with van der Waals surface area (Å²) >= 11 is 0. The van der Waals surface area contributed by atoms with Crippen LogP contribution in [0.3, 0.4) is 0 Å². The van der Waals surface area contributed by atoms with Crippen molar-refractivity contribution in [2.24, 2.45) is 0 Å². The molecule has 120 valence electrons. The molecule has 1 aromatic rings. The van der Waals surface area contributed by atoms with Gasteiger partial charge in [-0.1, -0.05) is 0 Å². The fourth-order valence-corrected chi connectivity index (χ4v) is 2.51. The van der Waals surface area contributed by atoms with Crippen LogP contribution in [0, 0.1) is 10.1 Å². The summed E-state index contributed by atoms with van der Waals surface area (Å²) in [4.78, 5) is 28.8. The molecule has 8 nitrogen and oxygen atoms in total. The van der Waals surface area contributed by atoms with Gasteiger partial charge in [0.2, 0.25) is 0 Å². The molecule has 1 aliphatic rings. The van der Waals surface area contributed by atoms with E-state index in [0.717, 1.165) is 44.8 Å². The lowest BCUT2D eigenvalue weighted by Gasteiger charge is -2.35. The summed E-state index contributed by atoms with van der Waals surface area (Å²) in [6.07, 6.45) is 3.38. The van der Waals surface area contributed by atoms with E-state index >= 15 is 0 Å². The zero-order valence-corrected chi connectivity index (χ0v) is 12.3. The Morgan fingerprint density at radius 3 is 2.55 bits per heavy atom. The highest BCUT2D eigenvalue weighted by atomic mass is 16.6. The van der Waals surface area contributed by atoms with E-state index in [-0.39, 0.29) is 12.2 Å². The van der Waals surface area contributed by atoms with Gasteiger partial charge < -0.3 is 20.1 Å². The number of aromatic nitrogens is 1. The Hall–Kier alpha value is -2.22. The van der Waals surface area contributed by atoms with Crippen molar-refractivity contribution in [3.8, 4) is 0 Å². The highest BCUT2D eigenvalue weighted by Gasteiger charge is 2.18. The highest BCUT2D eigenvalue weighted by molar-refractivity contribution is 5.66. The Morgan fingerprint density at radius 2 is 2.00 bits per heavy atom. The molecular weight excluding hydrogens is 288 g/mol. The average Bonchev–Trinajstić information content (AvgIpc) is 2.52. The van der Waals surface area contributed by atoms with Crippen LogP contribution in [0.2, 0.25) is 0 Å². The minimum Gasteiger partial charge on any atom is -0.481 e. The van der Waals surface area contributed by atoms with Crippen molar-refractivity contribution in [1.29, 1.82) is 0 Å². The van der Waals surface area contributed by atoms with Gasteiger partial charge in [-0.3, -0.25) is 9.69 Å². The van der Waals surface area contributed by atoms with Crippen molar-refractivity contribution in [3.05, 3.63) is 28.4 Å². The maximum Gasteiger partial charge on any atom is 0.363 e. The van der Waals surface area contributed by atoms with E-state index < -0.39 is 10.9 Å². The van der Waals surface area contributed by atoms with Crippen molar-refractivity contribution in [1.82, 2.24) is 9.88 Å². The zero-order chi connectivity index (χ0) is 15.9. The molecule has 0 amide bonds. The summed E-state index contributed by atoms with van der Waals surface area (Å²) in [5.41, 5.74) is 0.899. The van der Waals surface area contributed by atoms with E-state index in [1.54, 1.807) is 12.3 Å². The monoisotopic (exact) mass is 308 g/mol. The average molecular weight is 308 g/mol. The number of rotatable bonds is 7. The van der Waals surface area contributed by atoms with Crippen LogP contribution in [0.25, 0.3) is 0 Å². The molecule has 0 bridgehead atoms.